The molecule has 4 nitrogen and oxygen atoms in total. The van der Waals surface area contributed by atoms with Gasteiger partial charge in [0, 0.05) is 48.9 Å². The predicted octanol–water partition coefficient (Wildman–Crippen LogP) is 5.10. The van der Waals surface area contributed by atoms with E-state index in [1.54, 1.807) is 11.3 Å². The lowest BCUT2D eigenvalue weighted by atomic mass is 10.0. The number of carbonyl (C=O) groups excluding carboxylic acids is 1. The van der Waals surface area contributed by atoms with Crippen molar-refractivity contribution < 1.29 is 4.79 Å². The van der Waals surface area contributed by atoms with Crippen LogP contribution in [-0.4, -0.2) is 34.9 Å². The second kappa shape index (κ2) is 10.9. The van der Waals surface area contributed by atoms with Crippen LogP contribution in [0.1, 0.15) is 41.1 Å². The fourth-order valence-electron chi connectivity index (χ4n) is 3.95. The number of halogens is 1. The van der Waals surface area contributed by atoms with Crippen molar-refractivity contribution in [1.29, 1.82) is 0 Å². The molecular formula is C25H28ClN3OS. The smallest absolute Gasteiger partial charge is 0.220 e. The van der Waals surface area contributed by atoms with Gasteiger partial charge in [-0.25, -0.2) is 4.98 Å². The van der Waals surface area contributed by atoms with Gasteiger partial charge in [-0.1, -0.05) is 54.1 Å². The van der Waals surface area contributed by atoms with Gasteiger partial charge in [-0.15, -0.1) is 11.3 Å². The summed E-state index contributed by atoms with van der Waals surface area (Å²) in [5.74, 6) is 0.161. The normalized spacial score (nSPS) is 15.1. The molecule has 0 saturated carbocycles. The number of nitrogens with one attached hydrogen (secondary N) is 1. The molecule has 1 saturated heterocycles. The Morgan fingerprint density at radius 1 is 1.06 bits per heavy atom. The number of benzene rings is 2. The Morgan fingerprint density at radius 2 is 1.81 bits per heavy atom. The van der Waals surface area contributed by atoms with Gasteiger partial charge in [-0.05, 0) is 42.5 Å². The lowest BCUT2D eigenvalue weighted by Crippen LogP contribution is -2.44. The van der Waals surface area contributed by atoms with Gasteiger partial charge < -0.3 is 5.32 Å². The standard InChI is InChI=1S/C25H28ClN3OS/c26-21-9-6-20(7-10-21)16-25-28-23(18-31-25)17-29-14-12-22(13-15-29)27-24(30)11-8-19-4-2-1-3-5-19/h1-7,9-10,18,22H,8,11-17H2,(H,27,30). The van der Waals surface area contributed by atoms with Gasteiger partial charge in [0.15, 0.2) is 0 Å². The van der Waals surface area contributed by atoms with Crippen molar-refractivity contribution in [3.63, 3.8) is 0 Å². The van der Waals surface area contributed by atoms with Crippen LogP contribution in [0.3, 0.4) is 0 Å². The average molecular weight is 454 g/mol. The van der Waals surface area contributed by atoms with Crippen LogP contribution in [0, 0.1) is 0 Å². The molecule has 0 radical (unpaired) electrons. The number of aromatic nitrogens is 1. The fourth-order valence-corrected chi connectivity index (χ4v) is 4.89. The summed E-state index contributed by atoms with van der Waals surface area (Å²) in [5, 5.41) is 7.29. The zero-order valence-electron chi connectivity index (χ0n) is 17.6. The molecule has 0 spiro atoms. The summed E-state index contributed by atoms with van der Waals surface area (Å²) >= 11 is 7.69. The first-order chi connectivity index (χ1) is 15.1. The number of nitrogens with zero attached hydrogens (tertiary/aromatic N) is 2. The first-order valence-electron chi connectivity index (χ1n) is 10.9. The SMILES string of the molecule is O=C(CCc1ccccc1)NC1CCN(Cc2csc(Cc3ccc(Cl)cc3)n2)CC1. The molecule has 6 heteroatoms. The van der Waals surface area contributed by atoms with Gasteiger partial charge in [0.25, 0.3) is 0 Å². The summed E-state index contributed by atoms with van der Waals surface area (Å²) < 4.78 is 0. The molecule has 2 aromatic carbocycles. The topological polar surface area (TPSA) is 45.2 Å². The molecule has 3 aromatic rings. The number of aryl methyl sites for hydroxylation is 1. The molecule has 0 unspecified atom stereocenters. The molecule has 1 aromatic heterocycles. The first-order valence-corrected chi connectivity index (χ1v) is 12.1. The second-order valence-electron chi connectivity index (χ2n) is 8.14. The molecule has 0 atom stereocenters. The Labute approximate surface area is 193 Å². The number of rotatable bonds is 8. The van der Waals surface area contributed by atoms with Crippen LogP contribution in [0.25, 0.3) is 0 Å². The molecule has 1 N–H and O–H groups in total. The number of carbonyl (C=O) groups is 1. The van der Waals surface area contributed by atoms with E-state index < -0.39 is 0 Å². The van der Waals surface area contributed by atoms with Gasteiger partial charge in [0.05, 0.1) is 10.7 Å². The highest BCUT2D eigenvalue weighted by Gasteiger charge is 2.21. The Kier molecular flexibility index (Phi) is 7.73. The van der Waals surface area contributed by atoms with E-state index in [0.717, 1.165) is 61.0 Å². The quantitative estimate of drug-likeness (QED) is 0.516. The highest BCUT2D eigenvalue weighted by atomic mass is 35.5. The van der Waals surface area contributed by atoms with Gasteiger partial charge in [0.2, 0.25) is 5.91 Å². The highest BCUT2D eigenvalue weighted by molar-refractivity contribution is 7.09. The van der Waals surface area contributed by atoms with E-state index in [4.69, 9.17) is 16.6 Å². The van der Waals surface area contributed by atoms with Crippen molar-refractivity contribution in [3.05, 3.63) is 86.8 Å². The number of thiazole rings is 1. The maximum atomic E-state index is 12.3. The third-order valence-electron chi connectivity index (χ3n) is 5.69. The Hall–Kier alpha value is -2.21. The van der Waals surface area contributed by atoms with Crippen LogP contribution in [0.5, 0.6) is 0 Å². The van der Waals surface area contributed by atoms with Gasteiger partial charge in [0.1, 0.15) is 0 Å². The summed E-state index contributed by atoms with van der Waals surface area (Å²) in [7, 11) is 0. The largest absolute Gasteiger partial charge is 0.353 e. The van der Waals surface area contributed by atoms with Crippen LogP contribution in [-0.2, 0) is 24.2 Å². The van der Waals surface area contributed by atoms with Gasteiger partial charge >= 0.3 is 0 Å². The van der Waals surface area contributed by atoms with E-state index in [9.17, 15) is 4.79 Å². The highest BCUT2D eigenvalue weighted by Crippen LogP contribution is 2.19. The third-order valence-corrected chi connectivity index (χ3v) is 6.84. The molecule has 31 heavy (non-hydrogen) atoms. The van der Waals surface area contributed by atoms with Crippen molar-refractivity contribution in [2.75, 3.05) is 13.1 Å². The monoisotopic (exact) mass is 453 g/mol. The molecule has 162 valence electrons. The molecule has 1 amide bonds. The fraction of sp³-hybridized carbons (Fsp3) is 0.360. The molecule has 1 aliphatic rings. The summed E-state index contributed by atoms with van der Waals surface area (Å²) in [5.41, 5.74) is 3.58. The van der Waals surface area contributed by atoms with Crippen LogP contribution in [0.2, 0.25) is 5.02 Å². The molecule has 2 heterocycles. The maximum absolute atomic E-state index is 12.3. The van der Waals surface area contributed by atoms with Gasteiger partial charge in [-0.2, -0.15) is 0 Å². The molecule has 0 aliphatic carbocycles. The summed E-state index contributed by atoms with van der Waals surface area (Å²) in [4.78, 5) is 19.5. The van der Waals surface area contributed by atoms with Crippen LogP contribution >= 0.6 is 22.9 Å². The number of hydrogen-bond donors (Lipinski definition) is 1. The Morgan fingerprint density at radius 3 is 2.55 bits per heavy atom. The Bertz CT molecular complexity index is 966. The zero-order chi connectivity index (χ0) is 21.5. The minimum Gasteiger partial charge on any atom is -0.353 e. The Balaban J connectivity index is 1.17. The number of hydrogen-bond acceptors (Lipinski definition) is 4. The van der Waals surface area contributed by atoms with Crippen LogP contribution < -0.4 is 5.32 Å². The van der Waals surface area contributed by atoms with Crippen molar-refractivity contribution >= 4 is 28.8 Å². The molecule has 1 fully saturated rings. The van der Waals surface area contributed by atoms with Gasteiger partial charge in [-0.3, -0.25) is 9.69 Å². The van der Waals surface area contributed by atoms with Crippen molar-refractivity contribution in [2.45, 2.75) is 44.7 Å². The maximum Gasteiger partial charge on any atom is 0.220 e. The van der Waals surface area contributed by atoms with E-state index in [-0.39, 0.29) is 11.9 Å². The van der Waals surface area contributed by atoms with Crippen LogP contribution in [0.15, 0.2) is 60.0 Å². The summed E-state index contributed by atoms with van der Waals surface area (Å²) in [6.45, 7) is 2.87. The summed E-state index contributed by atoms with van der Waals surface area (Å²) in [6, 6.07) is 18.4. The lowest BCUT2D eigenvalue weighted by Gasteiger charge is -2.31. The van der Waals surface area contributed by atoms with E-state index in [1.807, 2.05) is 30.3 Å². The third kappa shape index (κ3) is 6.89. The van der Waals surface area contributed by atoms with E-state index in [0.29, 0.717) is 6.42 Å². The predicted molar refractivity (Wildman–Crippen MR) is 128 cm³/mol. The minimum atomic E-state index is 0.161. The lowest BCUT2D eigenvalue weighted by molar-refractivity contribution is -0.122. The van der Waals surface area contributed by atoms with Crippen LogP contribution in [0.4, 0.5) is 0 Å². The molecule has 4 rings (SSSR count). The van der Waals surface area contributed by atoms with E-state index >= 15 is 0 Å². The van der Waals surface area contributed by atoms with E-state index in [2.05, 4.69) is 39.9 Å². The van der Waals surface area contributed by atoms with E-state index in [1.165, 1.54) is 11.1 Å². The van der Waals surface area contributed by atoms with Crippen molar-refractivity contribution in [3.8, 4) is 0 Å². The van der Waals surface area contributed by atoms with Crippen molar-refractivity contribution in [2.24, 2.45) is 0 Å². The summed E-state index contributed by atoms with van der Waals surface area (Å²) in [6.07, 6.45) is 4.20. The number of amides is 1. The number of likely N-dealkylation sites (tertiary alicyclic amines) is 1. The molecule has 1 aliphatic heterocycles. The first kappa shape index (κ1) is 22.0. The zero-order valence-corrected chi connectivity index (χ0v) is 19.2. The number of piperidine rings is 1. The average Bonchev–Trinajstić information content (AvgIpc) is 3.23. The second-order valence-corrected chi connectivity index (χ2v) is 9.52. The molecular weight excluding hydrogens is 426 g/mol. The van der Waals surface area contributed by atoms with Crippen molar-refractivity contribution in [1.82, 2.24) is 15.2 Å². The molecule has 0 bridgehead atoms. The minimum absolute atomic E-state index is 0.161.